The Kier molecular flexibility index (Phi) is 4.74. The third kappa shape index (κ3) is 3.07. The van der Waals surface area contributed by atoms with E-state index in [1.807, 2.05) is 0 Å². The van der Waals surface area contributed by atoms with Gasteiger partial charge in [0.05, 0.1) is 0 Å². The number of fused-ring (bicyclic) bond motifs is 1. The second-order valence-electron chi connectivity index (χ2n) is 6.39. The van der Waals surface area contributed by atoms with Crippen molar-refractivity contribution in [1.82, 2.24) is 10.2 Å². The standard InChI is InChI=1S/C18H28N2/c1-2-7-16-9-5-6-13-20(16)14-18-17-10-4-3-8-15(17)11-12-19-18/h3-4,8,10,16,18-19H,2,5-7,9,11-14H2,1H3. The summed E-state index contributed by atoms with van der Waals surface area (Å²) in [6, 6.07) is 10.4. The van der Waals surface area contributed by atoms with Gasteiger partial charge in [-0.2, -0.15) is 0 Å². The molecule has 2 aliphatic heterocycles. The van der Waals surface area contributed by atoms with Crippen molar-refractivity contribution in [3.8, 4) is 0 Å². The monoisotopic (exact) mass is 272 g/mol. The van der Waals surface area contributed by atoms with Crippen LogP contribution in [0.5, 0.6) is 0 Å². The molecule has 1 fully saturated rings. The molecule has 2 atom stereocenters. The van der Waals surface area contributed by atoms with E-state index < -0.39 is 0 Å². The molecule has 2 unspecified atom stereocenters. The molecule has 20 heavy (non-hydrogen) atoms. The average molecular weight is 272 g/mol. The van der Waals surface area contributed by atoms with Crippen molar-refractivity contribution in [3.63, 3.8) is 0 Å². The molecule has 110 valence electrons. The van der Waals surface area contributed by atoms with Crippen molar-refractivity contribution in [3.05, 3.63) is 35.4 Å². The molecule has 0 amide bonds. The lowest BCUT2D eigenvalue weighted by molar-refractivity contribution is 0.124. The maximum atomic E-state index is 3.74. The summed E-state index contributed by atoms with van der Waals surface area (Å²) in [5.74, 6) is 0. The predicted octanol–water partition coefficient (Wildman–Crippen LogP) is 3.53. The van der Waals surface area contributed by atoms with Gasteiger partial charge in [-0.3, -0.25) is 4.90 Å². The molecule has 0 aromatic heterocycles. The fraction of sp³-hybridized carbons (Fsp3) is 0.667. The largest absolute Gasteiger partial charge is 0.309 e. The number of hydrogen-bond donors (Lipinski definition) is 1. The Morgan fingerprint density at radius 1 is 1.25 bits per heavy atom. The van der Waals surface area contributed by atoms with Gasteiger partial charge < -0.3 is 5.32 Å². The van der Waals surface area contributed by atoms with Crippen LogP contribution in [0.15, 0.2) is 24.3 Å². The summed E-state index contributed by atoms with van der Waals surface area (Å²) in [5.41, 5.74) is 3.10. The molecular weight excluding hydrogens is 244 g/mol. The predicted molar refractivity (Wildman–Crippen MR) is 85.0 cm³/mol. The van der Waals surface area contributed by atoms with Gasteiger partial charge in [-0.05, 0) is 49.9 Å². The SMILES string of the molecule is CCCC1CCCCN1CC1NCCc2ccccc21. The first-order chi connectivity index (χ1) is 9.88. The summed E-state index contributed by atoms with van der Waals surface area (Å²) in [7, 11) is 0. The van der Waals surface area contributed by atoms with Crippen LogP contribution in [0.1, 0.15) is 56.2 Å². The molecule has 0 aliphatic carbocycles. The van der Waals surface area contributed by atoms with Crippen LogP contribution >= 0.6 is 0 Å². The highest BCUT2D eigenvalue weighted by Gasteiger charge is 2.27. The number of benzene rings is 1. The topological polar surface area (TPSA) is 15.3 Å². The van der Waals surface area contributed by atoms with Crippen LogP contribution in [0.4, 0.5) is 0 Å². The first kappa shape index (κ1) is 14.1. The molecule has 2 aliphatic rings. The fourth-order valence-corrected chi connectivity index (χ4v) is 3.95. The first-order valence-electron chi connectivity index (χ1n) is 8.43. The second-order valence-corrected chi connectivity index (χ2v) is 6.39. The number of nitrogens with zero attached hydrogens (tertiary/aromatic N) is 1. The minimum absolute atomic E-state index is 0.539. The smallest absolute Gasteiger partial charge is 0.0452 e. The Bertz CT molecular complexity index is 427. The van der Waals surface area contributed by atoms with E-state index in [4.69, 9.17) is 0 Å². The summed E-state index contributed by atoms with van der Waals surface area (Å²) in [6.07, 6.45) is 8.09. The first-order valence-corrected chi connectivity index (χ1v) is 8.43. The van der Waals surface area contributed by atoms with Gasteiger partial charge in [0, 0.05) is 18.6 Å². The van der Waals surface area contributed by atoms with Crippen LogP contribution in [-0.2, 0) is 6.42 Å². The van der Waals surface area contributed by atoms with Gasteiger partial charge in [0.25, 0.3) is 0 Å². The zero-order valence-corrected chi connectivity index (χ0v) is 12.8. The third-order valence-electron chi connectivity index (χ3n) is 5.00. The zero-order valence-electron chi connectivity index (χ0n) is 12.8. The van der Waals surface area contributed by atoms with Crippen molar-refractivity contribution in [2.45, 2.75) is 57.5 Å². The minimum Gasteiger partial charge on any atom is -0.309 e. The highest BCUT2D eigenvalue weighted by atomic mass is 15.2. The summed E-state index contributed by atoms with van der Waals surface area (Å²) >= 11 is 0. The highest BCUT2D eigenvalue weighted by Crippen LogP contribution is 2.27. The normalized spacial score (nSPS) is 27.2. The van der Waals surface area contributed by atoms with E-state index in [2.05, 4.69) is 41.4 Å². The Hall–Kier alpha value is -0.860. The number of piperidine rings is 1. The van der Waals surface area contributed by atoms with E-state index in [0.717, 1.165) is 12.6 Å². The molecular formula is C18H28N2. The molecule has 2 heterocycles. The van der Waals surface area contributed by atoms with Gasteiger partial charge in [-0.1, -0.05) is 44.0 Å². The highest BCUT2D eigenvalue weighted by molar-refractivity contribution is 5.32. The summed E-state index contributed by atoms with van der Waals surface area (Å²) < 4.78 is 0. The van der Waals surface area contributed by atoms with Crippen molar-refractivity contribution >= 4 is 0 Å². The van der Waals surface area contributed by atoms with Crippen LogP contribution in [0.2, 0.25) is 0 Å². The quantitative estimate of drug-likeness (QED) is 0.902. The second kappa shape index (κ2) is 6.73. The van der Waals surface area contributed by atoms with Crippen LogP contribution in [-0.4, -0.2) is 30.6 Å². The Labute approximate surface area is 123 Å². The number of hydrogen-bond acceptors (Lipinski definition) is 2. The van der Waals surface area contributed by atoms with E-state index in [1.165, 1.54) is 51.6 Å². The number of likely N-dealkylation sites (tertiary alicyclic amines) is 1. The van der Waals surface area contributed by atoms with Crippen LogP contribution in [0, 0.1) is 0 Å². The van der Waals surface area contributed by atoms with E-state index >= 15 is 0 Å². The molecule has 1 saturated heterocycles. The average Bonchev–Trinajstić information content (AvgIpc) is 2.50. The maximum Gasteiger partial charge on any atom is 0.0452 e. The van der Waals surface area contributed by atoms with Crippen molar-refractivity contribution in [2.24, 2.45) is 0 Å². The zero-order chi connectivity index (χ0) is 13.8. The Morgan fingerprint density at radius 2 is 2.15 bits per heavy atom. The molecule has 3 rings (SSSR count). The summed E-state index contributed by atoms with van der Waals surface area (Å²) in [4.78, 5) is 2.76. The number of rotatable bonds is 4. The van der Waals surface area contributed by atoms with Gasteiger partial charge in [-0.25, -0.2) is 0 Å². The van der Waals surface area contributed by atoms with Crippen LogP contribution in [0.25, 0.3) is 0 Å². The lowest BCUT2D eigenvalue weighted by Gasteiger charge is -2.39. The van der Waals surface area contributed by atoms with Crippen molar-refractivity contribution in [2.75, 3.05) is 19.6 Å². The molecule has 0 bridgehead atoms. The van der Waals surface area contributed by atoms with Crippen LogP contribution < -0.4 is 5.32 Å². The maximum absolute atomic E-state index is 3.74. The van der Waals surface area contributed by atoms with Gasteiger partial charge in [-0.15, -0.1) is 0 Å². The lowest BCUT2D eigenvalue weighted by atomic mass is 9.92. The van der Waals surface area contributed by atoms with E-state index in [-0.39, 0.29) is 0 Å². The van der Waals surface area contributed by atoms with Gasteiger partial charge in [0.2, 0.25) is 0 Å². The molecule has 0 saturated carbocycles. The number of nitrogens with one attached hydrogen (secondary N) is 1. The van der Waals surface area contributed by atoms with E-state index in [1.54, 1.807) is 11.1 Å². The molecule has 1 aromatic carbocycles. The Morgan fingerprint density at radius 3 is 3.05 bits per heavy atom. The van der Waals surface area contributed by atoms with Gasteiger partial charge >= 0.3 is 0 Å². The summed E-state index contributed by atoms with van der Waals surface area (Å²) in [5, 5.41) is 3.74. The molecule has 2 heteroatoms. The fourth-order valence-electron chi connectivity index (χ4n) is 3.95. The summed E-state index contributed by atoms with van der Waals surface area (Å²) in [6.45, 7) is 5.95. The lowest BCUT2D eigenvalue weighted by Crippen LogP contribution is -2.45. The van der Waals surface area contributed by atoms with Crippen molar-refractivity contribution < 1.29 is 0 Å². The molecule has 1 aromatic rings. The van der Waals surface area contributed by atoms with Gasteiger partial charge in [0.15, 0.2) is 0 Å². The van der Waals surface area contributed by atoms with Gasteiger partial charge in [0.1, 0.15) is 0 Å². The van der Waals surface area contributed by atoms with Crippen molar-refractivity contribution in [1.29, 1.82) is 0 Å². The molecule has 0 radical (unpaired) electrons. The Balaban J connectivity index is 1.71. The molecule has 0 spiro atoms. The minimum atomic E-state index is 0.539. The van der Waals surface area contributed by atoms with E-state index in [0.29, 0.717) is 6.04 Å². The van der Waals surface area contributed by atoms with Crippen LogP contribution in [0.3, 0.4) is 0 Å². The molecule has 1 N–H and O–H groups in total. The van der Waals surface area contributed by atoms with E-state index in [9.17, 15) is 0 Å². The molecule has 2 nitrogen and oxygen atoms in total. The third-order valence-corrected chi connectivity index (χ3v) is 5.00.